The molecule has 15 heavy (non-hydrogen) atoms. The predicted octanol–water partition coefficient (Wildman–Crippen LogP) is 1.23. The number of aliphatic hydroxyl groups excluding tert-OH is 1. The lowest BCUT2D eigenvalue weighted by Crippen LogP contribution is -2.12. The Kier molecular flexibility index (Phi) is 3.28. The molecule has 0 fully saturated rings. The van der Waals surface area contributed by atoms with Gasteiger partial charge in [0.1, 0.15) is 5.76 Å². The van der Waals surface area contributed by atoms with Crippen LogP contribution in [0.4, 0.5) is 0 Å². The van der Waals surface area contributed by atoms with Crippen LogP contribution >= 0.6 is 0 Å². The first-order valence-corrected chi connectivity index (χ1v) is 4.14. The minimum absolute atomic E-state index is 0.129. The van der Waals surface area contributed by atoms with E-state index in [-0.39, 0.29) is 5.76 Å². The molecule has 0 spiro atoms. The molecule has 0 aliphatic rings. The van der Waals surface area contributed by atoms with E-state index in [2.05, 4.69) is 4.74 Å². The zero-order valence-electron chi connectivity index (χ0n) is 8.31. The molecule has 1 aromatic rings. The molecule has 5 heteroatoms. The van der Waals surface area contributed by atoms with Crippen molar-refractivity contribution in [3.63, 3.8) is 0 Å². The maximum atomic E-state index is 11.0. The number of carbonyl (C=O) groups is 2. The van der Waals surface area contributed by atoms with E-state index in [9.17, 15) is 14.7 Å². The minimum Gasteiger partial charge on any atom is -0.504 e. The average Bonchev–Trinajstić information content (AvgIpc) is 2.63. The van der Waals surface area contributed by atoms with Crippen LogP contribution in [0.3, 0.4) is 0 Å². The third kappa shape index (κ3) is 2.70. The average molecular weight is 210 g/mol. The first kappa shape index (κ1) is 11.0. The van der Waals surface area contributed by atoms with Gasteiger partial charge in [0.2, 0.25) is 0 Å². The first-order valence-electron chi connectivity index (χ1n) is 4.14. The van der Waals surface area contributed by atoms with Gasteiger partial charge in [-0.15, -0.1) is 0 Å². The largest absolute Gasteiger partial charge is 0.504 e. The Morgan fingerprint density at radius 1 is 1.47 bits per heavy atom. The molecule has 0 aromatic carbocycles. The fraction of sp³-hybridized carbons (Fsp3) is 0.200. The van der Waals surface area contributed by atoms with Crippen LogP contribution in [-0.4, -0.2) is 24.0 Å². The van der Waals surface area contributed by atoms with Gasteiger partial charge in [0.25, 0.3) is 5.78 Å². The Morgan fingerprint density at radius 3 is 2.60 bits per heavy atom. The molecule has 0 saturated carbocycles. The highest BCUT2D eigenvalue weighted by molar-refractivity contribution is 6.39. The molecule has 80 valence electrons. The second-order valence-corrected chi connectivity index (χ2v) is 2.80. The number of carbonyl (C=O) groups excluding carboxylic acids is 2. The summed E-state index contributed by atoms with van der Waals surface area (Å²) in [5, 5.41) is 9.39. The van der Waals surface area contributed by atoms with E-state index >= 15 is 0 Å². The topological polar surface area (TPSA) is 76.7 Å². The number of ketones is 1. The minimum atomic E-state index is -1.04. The van der Waals surface area contributed by atoms with Crippen LogP contribution < -0.4 is 0 Å². The highest BCUT2D eigenvalue weighted by Gasteiger charge is 2.14. The zero-order valence-corrected chi connectivity index (χ0v) is 8.31. The van der Waals surface area contributed by atoms with Crippen molar-refractivity contribution in [2.75, 3.05) is 7.11 Å². The molecular weight excluding hydrogens is 200 g/mol. The van der Waals surface area contributed by atoms with Gasteiger partial charge in [-0.2, -0.15) is 0 Å². The smallest absolute Gasteiger partial charge is 0.378 e. The lowest BCUT2D eigenvalue weighted by Gasteiger charge is -1.95. The van der Waals surface area contributed by atoms with Crippen molar-refractivity contribution in [1.82, 2.24) is 0 Å². The van der Waals surface area contributed by atoms with E-state index in [1.807, 2.05) is 0 Å². The quantitative estimate of drug-likeness (QED) is 0.351. The van der Waals surface area contributed by atoms with E-state index in [1.54, 1.807) is 13.0 Å². The Morgan fingerprint density at radius 2 is 2.13 bits per heavy atom. The van der Waals surface area contributed by atoms with Crippen LogP contribution in [0.25, 0.3) is 5.76 Å². The van der Waals surface area contributed by atoms with Crippen molar-refractivity contribution in [3.05, 3.63) is 29.7 Å². The highest BCUT2D eigenvalue weighted by Crippen LogP contribution is 2.14. The maximum absolute atomic E-state index is 11.0. The van der Waals surface area contributed by atoms with Gasteiger partial charge in [-0.05, 0) is 19.1 Å². The van der Waals surface area contributed by atoms with Gasteiger partial charge in [-0.1, -0.05) is 0 Å². The van der Waals surface area contributed by atoms with E-state index in [1.165, 1.54) is 6.07 Å². The molecule has 1 heterocycles. The van der Waals surface area contributed by atoms with Crippen LogP contribution in [0.15, 0.2) is 22.6 Å². The summed E-state index contributed by atoms with van der Waals surface area (Å²) >= 11 is 0. The highest BCUT2D eigenvalue weighted by atomic mass is 16.5. The van der Waals surface area contributed by atoms with Crippen LogP contribution in [0.2, 0.25) is 0 Å². The standard InChI is InChI=1S/C10H10O5/c1-6-3-4-9(15-6)7(11)5-8(12)10(13)14-2/h3-5,11H,1-2H3. The fourth-order valence-corrected chi connectivity index (χ4v) is 0.927. The number of furan rings is 1. The molecule has 0 bridgehead atoms. The molecule has 0 radical (unpaired) electrons. The molecule has 1 rings (SSSR count). The Bertz CT molecular complexity index is 413. The summed E-state index contributed by atoms with van der Waals surface area (Å²) in [5.74, 6) is -1.66. The number of ether oxygens (including phenoxy) is 1. The van der Waals surface area contributed by atoms with Gasteiger partial charge >= 0.3 is 5.97 Å². The summed E-state index contributed by atoms with van der Waals surface area (Å²) in [7, 11) is 1.09. The zero-order chi connectivity index (χ0) is 11.4. The lowest BCUT2D eigenvalue weighted by molar-refractivity contribution is -0.149. The first-order chi connectivity index (χ1) is 7.04. The normalized spacial score (nSPS) is 11.2. The van der Waals surface area contributed by atoms with Crippen LogP contribution in [0, 0.1) is 6.92 Å². The van der Waals surface area contributed by atoms with Crippen molar-refractivity contribution in [2.24, 2.45) is 0 Å². The molecule has 5 nitrogen and oxygen atoms in total. The Labute approximate surface area is 86.0 Å². The monoisotopic (exact) mass is 210 g/mol. The summed E-state index contributed by atoms with van der Waals surface area (Å²) < 4.78 is 9.22. The number of rotatable bonds is 3. The van der Waals surface area contributed by atoms with Crippen LogP contribution in [0.1, 0.15) is 11.5 Å². The molecular formula is C10H10O5. The molecule has 1 N–H and O–H groups in total. The summed E-state index contributed by atoms with van der Waals surface area (Å²) in [5.41, 5.74) is 0. The lowest BCUT2D eigenvalue weighted by atomic mass is 10.3. The molecule has 1 aromatic heterocycles. The van der Waals surface area contributed by atoms with E-state index in [4.69, 9.17) is 4.42 Å². The van der Waals surface area contributed by atoms with Gasteiger partial charge in [0.05, 0.1) is 7.11 Å². The number of aryl methyl sites for hydroxylation is 1. The SMILES string of the molecule is COC(=O)C(=O)C=C(O)c1ccc(C)o1. The van der Waals surface area contributed by atoms with Crippen molar-refractivity contribution in [2.45, 2.75) is 6.92 Å². The number of esters is 1. The Balaban J connectivity index is 2.85. The number of methoxy groups -OCH3 is 1. The second-order valence-electron chi connectivity index (χ2n) is 2.80. The fourth-order valence-electron chi connectivity index (χ4n) is 0.927. The molecule has 0 unspecified atom stereocenters. The third-order valence-electron chi connectivity index (χ3n) is 1.65. The molecule has 0 atom stereocenters. The Hall–Kier alpha value is -2.04. The van der Waals surface area contributed by atoms with E-state index in [0.29, 0.717) is 5.76 Å². The summed E-state index contributed by atoms with van der Waals surface area (Å²) in [6.45, 7) is 1.69. The predicted molar refractivity (Wildman–Crippen MR) is 51.1 cm³/mol. The molecule has 0 aliphatic carbocycles. The van der Waals surface area contributed by atoms with Gasteiger partial charge in [-0.3, -0.25) is 4.79 Å². The van der Waals surface area contributed by atoms with Crippen LogP contribution in [-0.2, 0) is 14.3 Å². The van der Waals surface area contributed by atoms with Crippen molar-refractivity contribution < 1.29 is 23.8 Å². The van der Waals surface area contributed by atoms with Crippen molar-refractivity contribution in [1.29, 1.82) is 0 Å². The van der Waals surface area contributed by atoms with E-state index in [0.717, 1.165) is 13.2 Å². The second kappa shape index (κ2) is 4.45. The summed E-state index contributed by atoms with van der Waals surface area (Å²) in [6.07, 6.45) is 0.754. The third-order valence-corrected chi connectivity index (χ3v) is 1.65. The number of hydrogen-bond donors (Lipinski definition) is 1. The maximum Gasteiger partial charge on any atom is 0.378 e. The van der Waals surface area contributed by atoms with Crippen molar-refractivity contribution in [3.8, 4) is 0 Å². The number of aliphatic hydroxyl groups is 1. The van der Waals surface area contributed by atoms with Crippen molar-refractivity contribution >= 4 is 17.5 Å². The number of hydrogen-bond acceptors (Lipinski definition) is 5. The van der Waals surface area contributed by atoms with Gasteiger partial charge in [0, 0.05) is 6.08 Å². The van der Waals surface area contributed by atoms with Crippen LogP contribution in [0.5, 0.6) is 0 Å². The van der Waals surface area contributed by atoms with E-state index < -0.39 is 17.5 Å². The molecule has 0 amide bonds. The summed E-state index contributed by atoms with van der Waals surface area (Å²) in [6, 6.07) is 3.12. The van der Waals surface area contributed by atoms with Gasteiger partial charge < -0.3 is 14.3 Å². The van der Waals surface area contributed by atoms with Gasteiger partial charge in [-0.25, -0.2) is 4.79 Å². The molecule has 0 aliphatic heterocycles. The van der Waals surface area contributed by atoms with Gasteiger partial charge in [0.15, 0.2) is 11.5 Å². The summed E-state index contributed by atoms with van der Waals surface area (Å²) in [4.78, 5) is 21.7. The molecule has 0 saturated heterocycles.